The molecule has 0 N–H and O–H groups in total. The van der Waals surface area contributed by atoms with Crippen LogP contribution in [0.25, 0.3) is 0 Å². The smallest absolute Gasteiger partial charge is 0.287 e. The summed E-state index contributed by atoms with van der Waals surface area (Å²) in [5.74, 6) is 0. The van der Waals surface area contributed by atoms with Crippen molar-refractivity contribution in [1.82, 2.24) is 0 Å². The van der Waals surface area contributed by atoms with Crippen LogP contribution >= 0.6 is 7.82 Å². The summed E-state index contributed by atoms with van der Waals surface area (Å²) in [6, 6.07) is 0. The largest absolute Gasteiger partial charge is 0.474 e. The Morgan fingerprint density at radius 2 is 0.537 bits per heavy atom. The first-order valence-corrected chi connectivity index (χ1v) is 39.0. The standard InChI is InChI=1S/C30H75O4PSi6/c1-22-25-28(36(4,5)6,37(7,8)9)32-35(31,33-29(26-23-2,38(10,11)12)39(13,14)15)34-30(27-24-3,40(16,17)18)41(19,20)21/h22-27H2,1-21H3. The van der Waals surface area contributed by atoms with E-state index >= 15 is 4.57 Å². The maximum atomic E-state index is 16.2. The van der Waals surface area contributed by atoms with Gasteiger partial charge in [-0.2, -0.15) is 0 Å². The van der Waals surface area contributed by atoms with Crippen LogP contribution in [-0.4, -0.2) is 63.0 Å². The molecule has 0 unspecified atom stereocenters. The third kappa shape index (κ3) is 8.82. The molecule has 0 saturated carbocycles. The van der Waals surface area contributed by atoms with E-state index in [2.05, 4.69) is 139 Å². The zero-order valence-electron chi connectivity index (χ0n) is 31.8. The minimum absolute atomic E-state index is 0.433. The molecule has 0 aliphatic heterocycles. The maximum absolute atomic E-state index is 16.2. The molecule has 0 aromatic carbocycles. The van der Waals surface area contributed by atoms with E-state index in [1.54, 1.807) is 0 Å². The first kappa shape index (κ1) is 42.4. The van der Waals surface area contributed by atoms with Gasteiger partial charge in [0.1, 0.15) is 0 Å². The molecule has 0 radical (unpaired) electrons. The van der Waals surface area contributed by atoms with Crippen molar-refractivity contribution in [2.75, 3.05) is 0 Å². The molecule has 0 aliphatic carbocycles. The highest BCUT2D eigenvalue weighted by Crippen LogP contribution is 2.66. The number of phosphoric ester groups is 1. The van der Waals surface area contributed by atoms with E-state index in [-0.39, 0.29) is 0 Å². The summed E-state index contributed by atoms with van der Waals surface area (Å²) in [5, 5.41) is 0. The topological polar surface area (TPSA) is 44.8 Å². The molecule has 11 heteroatoms. The zero-order valence-corrected chi connectivity index (χ0v) is 38.7. The van der Waals surface area contributed by atoms with Crippen LogP contribution in [0.15, 0.2) is 0 Å². The van der Waals surface area contributed by atoms with Gasteiger partial charge in [-0.25, -0.2) is 4.57 Å². The van der Waals surface area contributed by atoms with Crippen molar-refractivity contribution in [3.8, 4) is 0 Å². The molecule has 0 amide bonds. The number of rotatable bonds is 18. The molecule has 0 aliphatic rings. The van der Waals surface area contributed by atoms with E-state index in [0.717, 1.165) is 38.5 Å². The molecule has 0 aromatic rings. The van der Waals surface area contributed by atoms with E-state index in [4.69, 9.17) is 13.6 Å². The zero-order chi connectivity index (χ0) is 33.4. The van der Waals surface area contributed by atoms with Crippen LogP contribution in [0.5, 0.6) is 0 Å². The highest BCUT2D eigenvalue weighted by atomic mass is 31.2. The summed E-state index contributed by atoms with van der Waals surface area (Å²) in [6.07, 6.45) is 5.74. The maximum Gasteiger partial charge on any atom is 0.474 e. The van der Waals surface area contributed by atoms with E-state index in [1.165, 1.54) is 0 Å². The summed E-state index contributed by atoms with van der Waals surface area (Å²) >= 11 is 0. The van der Waals surface area contributed by atoms with Gasteiger partial charge in [0.15, 0.2) is 0 Å². The second kappa shape index (κ2) is 13.6. The first-order chi connectivity index (χ1) is 17.8. The first-order valence-electron chi connectivity index (χ1n) is 16.5. The van der Waals surface area contributed by atoms with Gasteiger partial charge in [0.25, 0.3) is 0 Å². The predicted octanol–water partition coefficient (Wildman–Crippen LogP) is 12.0. The lowest BCUT2D eigenvalue weighted by Crippen LogP contribution is -2.71. The fourth-order valence-corrected chi connectivity index (χ4v) is 51.4. The van der Waals surface area contributed by atoms with Crippen LogP contribution < -0.4 is 0 Å². The Morgan fingerprint density at radius 1 is 0.390 bits per heavy atom. The second-order valence-corrected chi connectivity index (χ2v) is 53.7. The van der Waals surface area contributed by atoms with Gasteiger partial charge in [0.05, 0.1) is 63.0 Å². The minimum Gasteiger partial charge on any atom is -0.287 e. The van der Waals surface area contributed by atoms with Gasteiger partial charge in [-0.05, 0) is 19.3 Å². The van der Waals surface area contributed by atoms with Crippen molar-refractivity contribution in [2.45, 2.75) is 192 Å². The molecule has 0 fully saturated rings. The molecule has 0 saturated heterocycles. The van der Waals surface area contributed by atoms with Gasteiger partial charge in [-0.15, -0.1) is 0 Å². The van der Waals surface area contributed by atoms with Crippen LogP contribution in [0.1, 0.15) is 59.3 Å². The van der Waals surface area contributed by atoms with Gasteiger partial charge < -0.3 is 0 Å². The molecular weight excluding hydrogens is 624 g/mol. The van der Waals surface area contributed by atoms with Gasteiger partial charge in [0.2, 0.25) is 0 Å². The summed E-state index contributed by atoms with van der Waals surface area (Å²) < 4.78 is 38.7. The number of phosphoric acid groups is 1. The Labute approximate surface area is 264 Å². The summed E-state index contributed by atoms with van der Waals surface area (Å²) in [5.41, 5.74) is 0. The highest BCUT2D eigenvalue weighted by Gasteiger charge is 2.65. The average molecular weight is 699 g/mol. The van der Waals surface area contributed by atoms with Gasteiger partial charge in [-0.1, -0.05) is 158 Å². The minimum atomic E-state index is -4.04. The van der Waals surface area contributed by atoms with Crippen LogP contribution in [0.2, 0.25) is 118 Å². The SMILES string of the molecule is CCCC(OP(=O)(OC(CCC)([Si](C)(C)C)[Si](C)(C)C)OC(CCC)([Si](C)(C)C)[Si](C)(C)C)([Si](C)(C)C)[Si](C)(C)C. The lowest BCUT2D eigenvalue weighted by Gasteiger charge is -2.58. The third-order valence-electron chi connectivity index (χ3n) is 9.88. The van der Waals surface area contributed by atoms with Crippen molar-refractivity contribution < 1.29 is 18.1 Å². The lowest BCUT2D eigenvalue weighted by molar-refractivity contribution is 0.0306. The fourth-order valence-electron chi connectivity index (χ4n) is 8.27. The van der Waals surface area contributed by atoms with E-state index < -0.39 is 70.8 Å². The molecule has 0 atom stereocenters. The Morgan fingerprint density at radius 3 is 0.634 bits per heavy atom. The number of hydrogen-bond donors (Lipinski definition) is 0. The molecule has 0 rings (SSSR count). The fraction of sp³-hybridized carbons (Fsp3) is 1.00. The quantitative estimate of drug-likeness (QED) is 0.106. The van der Waals surface area contributed by atoms with E-state index in [0.29, 0.717) is 0 Å². The normalized spacial score (nSPS) is 15.9. The molecule has 0 heterocycles. The molecule has 0 bridgehead atoms. The summed E-state index contributed by atoms with van der Waals surface area (Å²) in [7, 11) is -16.2. The Kier molecular flexibility index (Phi) is 14.1. The Bertz CT molecular complexity index is 727. The molecule has 0 spiro atoms. The van der Waals surface area contributed by atoms with E-state index in [1.807, 2.05) is 0 Å². The van der Waals surface area contributed by atoms with Crippen LogP contribution in [0.3, 0.4) is 0 Å². The van der Waals surface area contributed by atoms with Crippen molar-refractivity contribution in [2.24, 2.45) is 0 Å². The van der Waals surface area contributed by atoms with Crippen molar-refractivity contribution in [1.29, 1.82) is 0 Å². The highest BCUT2D eigenvalue weighted by molar-refractivity contribution is 7.49. The molecule has 41 heavy (non-hydrogen) atoms. The molecular formula is C30H75O4PSi6. The van der Waals surface area contributed by atoms with Crippen LogP contribution in [0, 0.1) is 0 Å². The summed E-state index contributed by atoms with van der Waals surface area (Å²) in [6.45, 7) is 50.2. The Balaban J connectivity index is 8.13. The number of hydrogen-bond acceptors (Lipinski definition) is 4. The van der Waals surface area contributed by atoms with Gasteiger partial charge >= 0.3 is 7.82 Å². The summed E-state index contributed by atoms with van der Waals surface area (Å²) in [4.78, 5) is -1.30. The second-order valence-electron chi connectivity index (χ2n) is 19.0. The van der Waals surface area contributed by atoms with Crippen molar-refractivity contribution in [3.63, 3.8) is 0 Å². The van der Waals surface area contributed by atoms with Gasteiger partial charge in [0, 0.05) is 0 Å². The third-order valence-corrected chi connectivity index (χ3v) is 42.7. The lowest BCUT2D eigenvalue weighted by atomic mass is 10.3. The van der Waals surface area contributed by atoms with Crippen LogP contribution in [0.4, 0.5) is 0 Å². The van der Waals surface area contributed by atoms with Crippen LogP contribution in [-0.2, 0) is 18.1 Å². The van der Waals surface area contributed by atoms with E-state index in [9.17, 15) is 0 Å². The molecule has 0 aromatic heterocycles. The average Bonchev–Trinajstić information content (AvgIpc) is 2.67. The molecule has 4 nitrogen and oxygen atoms in total. The van der Waals surface area contributed by atoms with Crippen molar-refractivity contribution in [3.05, 3.63) is 0 Å². The Hall–Kier alpha value is 1.41. The van der Waals surface area contributed by atoms with Crippen molar-refractivity contribution >= 4 is 56.3 Å². The molecule has 248 valence electrons. The van der Waals surface area contributed by atoms with Gasteiger partial charge in [-0.3, -0.25) is 13.6 Å². The monoisotopic (exact) mass is 698 g/mol. The predicted molar refractivity (Wildman–Crippen MR) is 204 cm³/mol.